The first kappa shape index (κ1) is 10.9. The van der Waals surface area contributed by atoms with Crippen LogP contribution in [0.2, 0.25) is 0 Å². The lowest BCUT2D eigenvalue weighted by molar-refractivity contribution is 0.309. The molecule has 0 heterocycles. The minimum absolute atomic E-state index is 0.817. The van der Waals surface area contributed by atoms with Crippen molar-refractivity contribution < 1.29 is 4.74 Å². The number of unbranched alkanes of at least 4 members (excludes halogenated alkanes) is 1. The van der Waals surface area contributed by atoms with Gasteiger partial charge in [-0.25, -0.2) is 0 Å². The molecule has 0 aliphatic heterocycles. The molecule has 2 nitrogen and oxygen atoms in total. The highest BCUT2D eigenvalue weighted by Gasteiger charge is 1.93. The van der Waals surface area contributed by atoms with Gasteiger partial charge in [0.1, 0.15) is 5.75 Å². The molecule has 1 N–H and O–H groups in total. The molecule has 78 valence electrons. The maximum absolute atomic E-state index is 5.55. The van der Waals surface area contributed by atoms with Crippen LogP contribution < -0.4 is 10.1 Å². The topological polar surface area (TPSA) is 21.3 Å². The molecule has 0 spiro atoms. The largest absolute Gasteiger partial charge is 0.494 e. The van der Waals surface area contributed by atoms with Crippen LogP contribution >= 0.6 is 0 Å². The molecule has 2 heteroatoms. The number of ether oxygens (including phenoxy) is 1. The molecule has 0 atom stereocenters. The summed E-state index contributed by atoms with van der Waals surface area (Å²) in [4.78, 5) is 0. The summed E-state index contributed by atoms with van der Waals surface area (Å²) in [6.07, 6.45) is 2.30. The van der Waals surface area contributed by atoms with E-state index in [0.717, 1.165) is 31.0 Å². The highest BCUT2D eigenvalue weighted by Crippen LogP contribution is 2.15. The van der Waals surface area contributed by atoms with Crippen LogP contribution in [0.3, 0.4) is 0 Å². The summed E-state index contributed by atoms with van der Waals surface area (Å²) >= 11 is 0. The fraction of sp³-hybridized carbons (Fsp3) is 0.500. The standard InChI is InChI=1S/C12H19NO/c1-3-5-10-14-12-8-6-11(7-9-12)13-4-2/h6-9,13H,3-5,10H2,1-2H3. The molecule has 0 fully saturated rings. The molecule has 0 unspecified atom stereocenters. The van der Waals surface area contributed by atoms with Gasteiger partial charge in [-0.3, -0.25) is 0 Å². The Hall–Kier alpha value is -1.18. The zero-order valence-electron chi connectivity index (χ0n) is 9.05. The quantitative estimate of drug-likeness (QED) is 0.700. The van der Waals surface area contributed by atoms with Crippen molar-refractivity contribution in [3.63, 3.8) is 0 Å². The lowest BCUT2D eigenvalue weighted by Crippen LogP contribution is -1.98. The molecule has 0 aliphatic rings. The van der Waals surface area contributed by atoms with Gasteiger partial charge in [0.25, 0.3) is 0 Å². The molecule has 0 saturated heterocycles. The van der Waals surface area contributed by atoms with Crippen LogP contribution in [0.15, 0.2) is 24.3 Å². The maximum atomic E-state index is 5.55. The third-order valence-corrected chi connectivity index (χ3v) is 2.00. The molecule has 0 aliphatic carbocycles. The van der Waals surface area contributed by atoms with Crippen LogP contribution in [0, 0.1) is 0 Å². The van der Waals surface area contributed by atoms with Gasteiger partial charge < -0.3 is 10.1 Å². The highest BCUT2D eigenvalue weighted by molar-refractivity contribution is 5.46. The number of rotatable bonds is 6. The Morgan fingerprint density at radius 2 is 1.86 bits per heavy atom. The normalized spacial score (nSPS) is 9.86. The predicted octanol–water partition coefficient (Wildman–Crippen LogP) is 3.30. The fourth-order valence-corrected chi connectivity index (χ4v) is 1.21. The Balaban J connectivity index is 2.38. The van der Waals surface area contributed by atoms with Crippen LogP contribution in [-0.4, -0.2) is 13.2 Å². The van der Waals surface area contributed by atoms with Gasteiger partial charge in [0.15, 0.2) is 0 Å². The molecule has 0 radical (unpaired) electrons. The lowest BCUT2D eigenvalue weighted by atomic mass is 10.3. The first-order chi connectivity index (χ1) is 6.86. The third kappa shape index (κ3) is 3.69. The maximum Gasteiger partial charge on any atom is 0.119 e. The average Bonchev–Trinajstić information content (AvgIpc) is 2.21. The van der Waals surface area contributed by atoms with Crippen LogP contribution in [0.4, 0.5) is 5.69 Å². The van der Waals surface area contributed by atoms with Crippen molar-refractivity contribution in [2.45, 2.75) is 26.7 Å². The fourth-order valence-electron chi connectivity index (χ4n) is 1.21. The number of hydrogen-bond acceptors (Lipinski definition) is 2. The van der Waals surface area contributed by atoms with E-state index >= 15 is 0 Å². The zero-order valence-corrected chi connectivity index (χ0v) is 9.05. The third-order valence-electron chi connectivity index (χ3n) is 2.00. The van der Waals surface area contributed by atoms with Gasteiger partial charge in [-0.15, -0.1) is 0 Å². The summed E-state index contributed by atoms with van der Waals surface area (Å²) in [5.74, 6) is 0.958. The van der Waals surface area contributed by atoms with Gasteiger partial charge in [0.2, 0.25) is 0 Å². The number of nitrogens with one attached hydrogen (secondary N) is 1. The lowest BCUT2D eigenvalue weighted by Gasteiger charge is -2.06. The van der Waals surface area contributed by atoms with Crippen LogP contribution in [0.5, 0.6) is 5.75 Å². The first-order valence-electron chi connectivity index (χ1n) is 5.33. The van der Waals surface area contributed by atoms with Crippen LogP contribution in [0.1, 0.15) is 26.7 Å². The smallest absolute Gasteiger partial charge is 0.119 e. The van der Waals surface area contributed by atoms with E-state index in [4.69, 9.17) is 4.74 Å². The molecule has 0 bridgehead atoms. The molecule has 0 aromatic heterocycles. The van der Waals surface area contributed by atoms with Gasteiger partial charge >= 0.3 is 0 Å². The molecule has 0 amide bonds. The van der Waals surface area contributed by atoms with E-state index in [1.807, 2.05) is 24.3 Å². The van der Waals surface area contributed by atoms with Gasteiger partial charge in [-0.05, 0) is 37.6 Å². The van der Waals surface area contributed by atoms with Crippen molar-refractivity contribution >= 4 is 5.69 Å². The SMILES string of the molecule is CCCCOc1ccc(NCC)cc1. The Bertz CT molecular complexity index is 243. The van der Waals surface area contributed by atoms with Crippen molar-refractivity contribution in [1.29, 1.82) is 0 Å². The van der Waals surface area contributed by atoms with Gasteiger partial charge in [0.05, 0.1) is 6.61 Å². The molecule has 1 rings (SSSR count). The summed E-state index contributed by atoms with van der Waals surface area (Å²) in [5.41, 5.74) is 1.15. The van der Waals surface area contributed by atoms with Gasteiger partial charge in [-0.1, -0.05) is 13.3 Å². The van der Waals surface area contributed by atoms with E-state index < -0.39 is 0 Å². The second kappa shape index (κ2) is 6.30. The number of benzene rings is 1. The Morgan fingerprint density at radius 1 is 1.14 bits per heavy atom. The molecular weight excluding hydrogens is 174 g/mol. The number of hydrogen-bond donors (Lipinski definition) is 1. The summed E-state index contributed by atoms with van der Waals surface area (Å²) in [6.45, 7) is 6.02. The molecule has 14 heavy (non-hydrogen) atoms. The van der Waals surface area contributed by atoms with E-state index in [1.54, 1.807) is 0 Å². The minimum Gasteiger partial charge on any atom is -0.494 e. The van der Waals surface area contributed by atoms with Crippen molar-refractivity contribution in [3.8, 4) is 5.75 Å². The Labute approximate surface area is 86.3 Å². The van der Waals surface area contributed by atoms with E-state index in [-0.39, 0.29) is 0 Å². The van der Waals surface area contributed by atoms with E-state index in [1.165, 1.54) is 6.42 Å². The van der Waals surface area contributed by atoms with Crippen molar-refractivity contribution in [2.24, 2.45) is 0 Å². The molecule has 0 saturated carbocycles. The van der Waals surface area contributed by atoms with Crippen molar-refractivity contribution in [3.05, 3.63) is 24.3 Å². The molecule has 1 aromatic rings. The van der Waals surface area contributed by atoms with E-state index in [9.17, 15) is 0 Å². The summed E-state index contributed by atoms with van der Waals surface area (Å²) in [7, 11) is 0. The Morgan fingerprint density at radius 3 is 2.43 bits per heavy atom. The highest BCUT2D eigenvalue weighted by atomic mass is 16.5. The van der Waals surface area contributed by atoms with E-state index in [0.29, 0.717) is 0 Å². The van der Waals surface area contributed by atoms with Gasteiger partial charge in [0, 0.05) is 12.2 Å². The number of anilines is 1. The second-order valence-electron chi connectivity index (χ2n) is 3.26. The van der Waals surface area contributed by atoms with Crippen LogP contribution in [-0.2, 0) is 0 Å². The zero-order chi connectivity index (χ0) is 10.2. The summed E-state index contributed by atoms with van der Waals surface area (Å²) in [5, 5.41) is 3.25. The van der Waals surface area contributed by atoms with Crippen molar-refractivity contribution in [2.75, 3.05) is 18.5 Å². The first-order valence-corrected chi connectivity index (χ1v) is 5.33. The predicted molar refractivity (Wildman–Crippen MR) is 61.0 cm³/mol. The minimum atomic E-state index is 0.817. The molecule has 1 aromatic carbocycles. The Kier molecular flexibility index (Phi) is 4.90. The molecular formula is C12H19NO. The average molecular weight is 193 g/mol. The van der Waals surface area contributed by atoms with E-state index in [2.05, 4.69) is 19.2 Å². The van der Waals surface area contributed by atoms with Gasteiger partial charge in [-0.2, -0.15) is 0 Å². The second-order valence-corrected chi connectivity index (χ2v) is 3.26. The monoisotopic (exact) mass is 193 g/mol. The van der Waals surface area contributed by atoms with Crippen LogP contribution in [0.25, 0.3) is 0 Å². The summed E-state index contributed by atoms with van der Waals surface area (Å²) in [6, 6.07) is 8.11. The van der Waals surface area contributed by atoms with Crippen molar-refractivity contribution in [1.82, 2.24) is 0 Å². The summed E-state index contributed by atoms with van der Waals surface area (Å²) < 4.78 is 5.55.